The molecule has 12 heavy (non-hydrogen) atoms. The van der Waals surface area contributed by atoms with Gasteiger partial charge in [0, 0.05) is 5.92 Å². The highest BCUT2D eigenvalue weighted by Crippen LogP contribution is 2.36. The third-order valence-electron chi connectivity index (χ3n) is 2.65. The maximum atomic E-state index is 13.0. The molecule has 0 aromatic rings. The smallest absolute Gasteiger partial charge is 0.170 e. The Kier molecular flexibility index (Phi) is 2.55. The molecule has 1 fully saturated rings. The van der Waals surface area contributed by atoms with Crippen LogP contribution in [0.4, 0.5) is 4.39 Å². The molecule has 1 aliphatic rings. The van der Waals surface area contributed by atoms with Crippen molar-refractivity contribution < 1.29 is 9.18 Å². The van der Waals surface area contributed by atoms with Gasteiger partial charge >= 0.3 is 0 Å². The van der Waals surface area contributed by atoms with Gasteiger partial charge in [-0.2, -0.15) is 0 Å². The second kappa shape index (κ2) is 3.15. The van der Waals surface area contributed by atoms with E-state index in [0.29, 0.717) is 6.42 Å². The van der Waals surface area contributed by atoms with Gasteiger partial charge in [-0.3, -0.25) is 4.79 Å². The van der Waals surface area contributed by atoms with Crippen LogP contribution in [0, 0.1) is 11.3 Å². The predicted molar refractivity (Wildman–Crippen MR) is 46.7 cm³/mol. The van der Waals surface area contributed by atoms with Crippen molar-refractivity contribution in [3.8, 4) is 0 Å². The fourth-order valence-corrected chi connectivity index (χ4v) is 1.86. The Bertz CT molecular complexity index is 181. The van der Waals surface area contributed by atoms with Crippen molar-refractivity contribution in [2.45, 2.75) is 46.2 Å². The Morgan fingerprint density at radius 3 is 2.33 bits per heavy atom. The van der Waals surface area contributed by atoms with Crippen molar-refractivity contribution in [3.05, 3.63) is 0 Å². The van der Waals surface area contributed by atoms with Crippen LogP contribution in [-0.4, -0.2) is 12.0 Å². The summed E-state index contributed by atoms with van der Waals surface area (Å²) < 4.78 is 13.0. The van der Waals surface area contributed by atoms with E-state index in [4.69, 9.17) is 0 Å². The lowest BCUT2D eigenvalue weighted by molar-refractivity contribution is -0.134. The molecule has 0 saturated heterocycles. The Hall–Kier alpha value is -0.400. The molecule has 0 unspecified atom stereocenters. The second-order valence-corrected chi connectivity index (χ2v) is 4.72. The first-order valence-corrected chi connectivity index (χ1v) is 4.60. The number of alkyl halides is 1. The van der Waals surface area contributed by atoms with Crippen LogP contribution in [0.25, 0.3) is 0 Å². The average Bonchev–Trinajstić information content (AvgIpc) is 1.92. The molecule has 0 heterocycles. The first-order chi connectivity index (χ1) is 5.43. The van der Waals surface area contributed by atoms with E-state index in [1.807, 2.05) is 20.8 Å². The highest BCUT2D eigenvalue weighted by Gasteiger charge is 2.38. The molecule has 0 radical (unpaired) electrons. The normalized spacial score (nSPS) is 32.2. The molecule has 1 saturated carbocycles. The zero-order valence-corrected chi connectivity index (χ0v) is 8.06. The number of ketones is 1. The van der Waals surface area contributed by atoms with E-state index in [9.17, 15) is 9.18 Å². The Labute approximate surface area is 73.3 Å². The lowest BCUT2D eigenvalue weighted by Crippen LogP contribution is -2.37. The molecule has 70 valence electrons. The van der Waals surface area contributed by atoms with E-state index in [1.54, 1.807) is 0 Å². The van der Waals surface area contributed by atoms with Crippen LogP contribution in [0.3, 0.4) is 0 Å². The summed E-state index contributed by atoms with van der Waals surface area (Å²) in [5.74, 6) is -0.241. The number of carbonyl (C=O) groups excluding carboxylic acids is 1. The van der Waals surface area contributed by atoms with Crippen LogP contribution >= 0.6 is 0 Å². The third-order valence-corrected chi connectivity index (χ3v) is 2.65. The molecule has 0 aromatic carbocycles. The first-order valence-electron chi connectivity index (χ1n) is 4.60. The Balaban J connectivity index is 2.71. The maximum absolute atomic E-state index is 13.0. The summed E-state index contributed by atoms with van der Waals surface area (Å²) in [6, 6.07) is 0. The average molecular weight is 172 g/mol. The molecular formula is C10H17FO. The van der Waals surface area contributed by atoms with Gasteiger partial charge in [0.15, 0.2) is 12.0 Å². The van der Waals surface area contributed by atoms with E-state index in [1.165, 1.54) is 0 Å². The van der Waals surface area contributed by atoms with Crippen LogP contribution < -0.4 is 0 Å². The number of halogens is 1. The van der Waals surface area contributed by atoms with Gasteiger partial charge in [0.05, 0.1) is 0 Å². The van der Waals surface area contributed by atoms with Gasteiger partial charge in [-0.1, -0.05) is 20.8 Å². The Morgan fingerprint density at radius 1 is 1.33 bits per heavy atom. The number of hydrogen-bond donors (Lipinski definition) is 0. The molecular weight excluding hydrogens is 155 g/mol. The van der Waals surface area contributed by atoms with Crippen LogP contribution in [0.5, 0.6) is 0 Å². The summed E-state index contributed by atoms with van der Waals surface area (Å²) in [6.07, 6.45) is 0.964. The van der Waals surface area contributed by atoms with Crippen molar-refractivity contribution >= 4 is 5.78 Å². The van der Waals surface area contributed by atoms with Crippen LogP contribution in [-0.2, 0) is 4.79 Å². The van der Waals surface area contributed by atoms with Gasteiger partial charge in [0.25, 0.3) is 0 Å². The Morgan fingerprint density at radius 2 is 1.92 bits per heavy atom. The summed E-state index contributed by atoms with van der Waals surface area (Å²) in [5, 5.41) is 0. The van der Waals surface area contributed by atoms with Gasteiger partial charge in [0.2, 0.25) is 0 Å². The van der Waals surface area contributed by atoms with E-state index >= 15 is 0 Å². The largest absolute Gasteiger partial charge is 0.296 e. The summed E-state index contributed by atoms with van der Waals surface area (Å²) >= 11 is 0. The van der Waals surface area contributed by atoms with Crippen molar-refractivity contribution in [2.75, 3.05) is 0 Å². The number of rotatable bonds is 0. The summed E-state index contributed by atoms with van der Waals surface area (Å²) in [6.45, 7) is 6.02. The summed E-state index contributed by atoms with van der Waals surface area (Å²) in [4.78, 5) is 11.4. The molecule has 2 heteroatoms. The molecule has 1 aliphatic carbocycles. The highest BCUT2D eigenvalue weighted by atomic mass is 19.1. The minimum Gasteiger partial charge on any atom is -0.296 e. The van der Waals surface area contributed by atoms with Gasteiger partial charge < -0.3 is 0 Å². The van der Waals surface area contributed by atoms with E-state index in [0.717, 1.165) is 12.8 Å². The monoisotopic (exact) mass is 172 g/mol. The number of carbonyl (C=O) groups is 1. The van der Waals surface area contributed by atoms with E-state index < -0.39 is 6.17 Å². The summed E-state index contributed by atoms with van der Waals surface area (Å²) in [5.41, 5.74) is -0.0676. The lowest BCUT2D eigenvalue weighted by Gasteiger charge is -2.33. The van der Waals surface area contributed by atoms with E-state index in [2.05, 4.69) is 0 Å². The zero-order chi connectivity index (χ0) is 9.35. The second-order valence-electron chi connectivity index (χ2n) is 4.72. The quantitative estimate of drug-likeness (QED) is 0.549. The fourth-order valence-electron chi connectivity index (χ4n) is 1.86. The lowest BCUT2D eigenvalue weighted by atomic mass is 9.71. The topological polar surface area (TPSA) is 17.1 Å². The molecule has 2 atom stereocenters. The zero-order valence-electron chi connectivity index (χ0n) is 8.06. The number of Topliss-reactive ketones (excluding diaryl/α,β-unsaturated/α-hetero) is 1. The van der Waals surface area contributed by atoms with Gasteiger partial charge in [-0.05, 0) is 24.7 Å². The molecule has 1 rings (SSSR count). The molecule has 0 aliphatic heterocycles. The van der Waals surface area contributed by atoms with Crippen molar-refractivity contribution in [3.63, 3.8) is 0 Å². The third kappa shape index (κ3) is 1.85. The maximum Gasteiger partial charge on any atom is 0.170 e. The molecule has 1 nitrogen and oxygen atoms in total. The predicted octanol–water partition coefficient (Wildman–Crippen LogP) is 2.74. The first kappa shape index (κ1) is 9.69. The highest BCUT2D eigenvalue weighted by molar-refractivity contribution is 5.86. The number of hydrogen-bond acceptors (Lipinski definition) is 1. The molecule has 0 spiro atoms. The molecule has 0 bridgehead atoms. The van der Waals surface area contributed by atoms with Crippen molar-refractivity contribution in [1.82, 2.24) is 0 Å². The molecule has 0 aromatic heterocycles. The van der Waals surface area contributed by atoms with E-state index in [-0.39, 0.29) is 17.1 Å². The van der Waals surface area contributed by atoms with Crippen molar-refractivity contribution in [2.24, 2.45) is 11.3 Å². The fraction of sp³-hybridized carbons (Fsp3) is 0.900. The van der Waals surface area contributed by atoms with Crippen LogP contribution in [0.2, 0.25) is 0 Å². The minimum absolute atomic E-state index is 0.0676. The molecule has 0 amide bonds. The van der Waals surface area contributed by atoms with Gasteiger partial charge in [-0.25, -0.2) is 4.39 Å². The van der Waals surface area contributed by atoms with Gasteiger partial charge in [0.1, 0.15) is 0 Å². The molecule has 0 N–H and O–H groups in total. The van der Waals surface area contributed by atoms with Crippen LogP contribution in [0.1, 0.15) is 40.0 Å². The summed E-state index contributed by atoms with van der Waals surface area (Å²) in [7, 11) is 0. The van der Waals surface area contributed by atoms with Crippen molar-refractivity contribution in [1.29, 1.82) is 0 Å². The van der Waals surface area contributed by atoms with Crippen LogP contribution in [0.15, 0.2) is 0 Å². The minimum atomic E-state index is -1.19. The SMILES string of the molecule is CC(C)(C)[C@H]1CCC[C@H](F)C1=O. The standard InChI is InChI=1S/C10H17FO/c1-10(2,3)7-5-4-6-8(11)9(7)12/h7-8H,4-6H2,1-3H3/t7-,8-/m0/s1. The van der Waals surface area contributed by atoms with Gasteiger partial charge in [-0.15, -0.1) is 0 Å².